The first-order chi connectivity index (χ1) is 11.8. The van der Waals surface area contributed by atoms with Crippen LogP contribution in [0.4, 0.5) is 5.13 Å². The molecule has 3 aromatic rings. The Labute approximate surface area is 145 Å². The van der Waals surface area contributed by atoms with Gasteiger partial charge < -0.3 is 9.47 Å². The number of ether oxygens (including phenoxy) is 2. The number of carbonyl (C=O) groups excluding carboxylic acids is 1. The third-order valence-electron chi connectivity index (χ3n) is 3.26. The number of amides is 1. The van der Waals surface area contributed by atoms with E-state index in [1.165, 1.54) is 28.7 Å². The molecule has 8 heteroatoms. The van der Waals surface area contributed by atoms with Crippen LogP contribution in [-0.2, 0) is 4.79 Å². The molecule has 1 N–H and O–H groups in total. The molecule has 1 amide bonds. The zero-order valence-electron chi connectivity index (χ0n) is 12.3. The molecule has 6 nitrogen and oxygen atoms in total. The third-order valence-corrected chi connectivity index (χ3v) is 4.62. The second-order valence-electron chi connectivity index (χ2n) is 4.84. The number of hydrogen-bond donors (Lipinski definition) is 1. The van der Waals surface area contributed by atoms with Crippen molar-refractivity contribution in [1.82, 2.24) is 9.97 Å². The van der Waals surface area contributed by atoms with Crippen molar-refractivity contribution in [2.24, 2.45) is 0 Å². The minimum absolute atomic E-state index is 0.239. The molecule has 0 aliphatic carbocycles. The van der Waals surface area contributed by atoms with Gasteiger partial charge in [-0.1, -0.05) is 0 Å². The maximum Gasteiger partial charge on any atom is 0.250 e. The molecule has 24 heavy (non-hydrogen) atoms. The molecule has 2 aromatic heterocycles. The second kappa shape index (κ2) is 6.42. The summed E-state index contributed by atoms with van der Waals surface area (Å²) in [5, 5.41) is 7.04. The first kappa shape index (κ1) is 14.9. The Bertz CT molecular complexity index is 903. The fourth-order valence-corrected chi connectivity index (χ4v) is 3.38. The van der Waals surface area contributed by atoms with E-state index in [2.05, 4.69) is 15.3 Å². The predicted molar refractivity (Wildman–Crippen MR) is 93.5 cm³/mol. The first-order valence-corrected chi connectivity index (χ1v) is 8.83. The molecule has 120 valence electrons. The van der Waals surface area contributed by atoms with E-state index in [0.717, 1.165) is 22.7 Å². The van der Waals surface area contributed by atoms with E-state index in [4.69, 9.17) is 9.47 Å². The first-order valence-electron chi connectivity index (χ1n) is 7.01. The average Bonchev–Trinajstić information content (AvgIpc) is 3.33. The molecule has 0 radical (unpaired) electrons. The standard InChI is InChI=1S/C16H11N3O3S2/c20-15(4-2-11-6-23-8-17-11)19-16-18-12(7-24-16)10-1-3-13-14(5-10)22-9-21-13/h1-8H,9H2,(H,18,19,20)/b4-2+. The van der Waals surface area contributed by atoms with Crippen LogP contribution in [0.5, 0.6) is 11.5 Å². The summed E-state index contributed by atoms with van der Waals surface area (Å²) < 4.78 is 10.7. The molecule has 4 rings (SSSR count). The van der Waals surface area contributed by atoms with Gasteiger partial charge in [-0.2, -0.15) is 0 Å². The number of thiazole rings is 2. The number of fused-ring (bicyclic) bond motifs is 1. The minimum Gasteiger partial charge on any atom is -0.454 e. The van der Waals surface area contributed by atoms with E-state index in [0.29, 0.717) is 10.9 Å². The number of nitrogens with zero attached hydrogens (tertiary/aromatic N) is 2. The van der Waals surface area contributed by atoms with Gasteiger partial charge in [-0.05, 0) is 24.3 Å². The van der Waals surface area contributed by atoms with Crippen molar-refractivity contribution in [2.45, 2.75) is 0 Å². The summed E-state index contributed by atoms with van der Waals surface area (Å²) in [6.45, 7) is 0.239. The van der Waals surface area contributed by atoms with Crippen molar-refractivity contribution < 1.29 is 14.3 Å². The fraction of sp³-hybridized carbons (Fsp3) is 0.0625. The third kappa shape index (κ3) is 3.15. The zero-order valence-corrected chi connectivity index (χ0v) is 13.9. The Morgan fingerprint density at radius 3 is 3.04 bits per heavy atom. The number of anilines is 1. The van der Waals surface area contributed by atoms with Gasteiger partial charge in [0.1, 0.15) is 0 Å². The van der Waals surface area contributed by atoms with Crippen LogP contribution in [0.1, 0.15) is 5.69 Å². The van der Waals surface area contributed by atoms with E-state index in [1.54, 1.807) is 11.6 Å². The number of benzene rings is 1. The van der Waals surface area contributed by atoms with Crippen LogP contribution in [0, 0.1) is 0 Å². The van der Waals surface area contributed by atoms with Crippen LogP contribution < -0.4 is 14.8 Å². The predicted octanol–water partition coefficient (Wildman–Crippen LogP) is 3.65. The molecule has 0 bridgehead atoms. The van der Waals surface area contributed by atoms with Gasteiger partial charge in [0.2, 0.25) is 12.7 Å². The van der Waals surface area contributed by atoms with Crippen molar-refractivity contribution in [3.05, 3.63) is 46.2 Å². The molecule has 1 aliphatic rings. The summed E-state index contributed by atoms with van der Waals surface area (Å²) in [6, 6.07) is 5.65. The van der Waals surface area contributed by atoms with Gasteiger partial charge in [-0.15, -0.1) is 22.7 Å². The lowest BCUT2D eigenvalue weighted by molar-refractivity contribution is -0.111. The fourth-order valence-electron chi connectivity index (χ4n) is 2.13. The van der Waals surface area contributed by atoms with E-state index in [1.807, 2.05) is 29.0 Å². The molecule has 0 saturated carbocycles. The maximum atomic E-state index is 11.9. The van der Waals surface area contributed by atoms with Crippen molar-refractivity contribution in [3.63, 3.8) is 0 Å². The minimum atomic E-state index is -0.241. The Kier molecular flexibility index (Phi) is 3.97. The van der Waals surface area contributed by atoms with Crippen LogP contribution >= 0.6 is 22.7 Å². The van der Waals surface area contributed by atoms with Crippen LogP contribution in [-0.4, -0.2) is 22.7 Å². The molecule has 0 fully saturated rings. The molecular formula is C16H11N3O3S2. The highest BCUT2D eigenvalue weighted by Gasteiger charge is 2.15. The van der Waals surface area contributed by atoms with Gasteiger partial charge >= 0.3 is 0 Å². The van der Waals surface area contributed by atoms with Crippen molar-refractivity contribution >= 4 is 39.8 Å². The Morgan fingerprint density at radius 2 is 2.17 bits per heavy atom. The quantitative estimate of drug-likeness (QED) is 0.722. The summed E-state index contributed by atoms with van der Waals surface area (Å²) in [4.78, 5) is 20.4. The van der Waals surface area contributed by atoms with Crippen molar-refractivity contribution in [1.29, 1.82) is 0 Å². The monoisotopic (exact) mass is 357 g/mol. The summed E-state index contributed by atoms with van der Waals surface area (Å²) >= 11 is 2.85. The van der Waals surface area contributed by atoms with E-state index < -0.39 is 0 Å². The Balaban J connectivity index is 1.46. The second-order valence-corrected chi connectivity index (χ2v) is 6.42. The average molecular weight is 357 g/mol. The number of rotatable bonds is 4. The molecule has 1 aliphatic heterocycles. The van der Waals surface area contributed by atoms with Crippen molar-refractivity contribution in [2.75, 3.05) is 12.1 Å². The Morgan fingerprint density at radius 1 is 1.25 bits per heavy atom. The number of aromatic nitrogens is 2. The van der Waals surface area contributed by atoms with Gasteiger partial charge in [0, 0.05) is 22.4 Å². The van der Waals surface area contributed by atoms with E-state index in [-0.39, 0.29) is 12.7 Å². The largest absolute Gasteiger partial charge is 0.454 e. The molecule has 0 atom stereocenters. The molecule has 0 spiro atoms. The highest BCUT2D eigenvalue weighted by molar-refractivity contribution is 7.14. The van der Waals surface area contributed by atoms with Crippen LogP contribution in [0.2, 0.25) is 0 Å². The summed E-state index contributed by atoms with van der Waals surface area (Å²) in [7, 11) is 0. The van der Waals surface area contributed by atoms with Crippen LogP contribution in [0.15, 0.2) is 40.5 Å². The van der Waals surface area contributed by atoms with Gasteiger partial charge in [0.25, 0.3) is 0 Å². The summed E-state index contributed by atoms with van der Waals surface area (Å²) in [5.41, 5.74) is 4.16. The van der Waals surface area contributed by atoms with Crippen molar-refractivity contribution in [3.8, 4) is 22.8 Å². The lowest BCUT2D eigenvalue weighted by Crippen LogP contribution is -2.07. The number of carbonyl (C=O) groups is 1. The van der Waals surface area contributed by atoms with Crippen LogP contribution in [0.25, 0.3) is 17.3 Å². The molecule has 0 unspecified atom stereocenters. The van der Waals surface area contributed by atoms with E-state index >= 15 is 0 Å². The highest BCUT2D eigenvalue weighted by atomic mass is 32.1. The van der Waals surface area contributed by atoms with Gasteiger partial charge in [0.15, 0.2) is 16.6 Å². The van der Waals surface area contributed by atoms with Crippen LogP contribution in [0.3, 0.4) is 0 Å². The SMILES string of the molecule is O=C(/C=C/c1cscn1)Nc1nc(-c2ccc3c(c2)OCO3)cs1. The Hall–Kier alpha value is -2.71. The lowest BCUT2D eigenvalue weighted by atomic mass is 10.1. The zero-order chi connectivity index (χ0) is 16.4. The molecular weight excluding hydrogens is 346 g/mol. The highest BCUT2D eigenvalue weighted by Crippen LogP contribution is 2.36. The topological polar surface area (TPSA) is 73.3 Å². The lowest BCUT2D eigenvalue weighted by Gasteiger charge is -1.99. The summed E-state index contributed by atoms with van der Waals surface area (Å²) in [5.74, 6) is 1.20. The summed E-state index contributed by atoms with van der Waals surface area (Å²) in [6.07, 6.45) is 3.11. The van der Waals surface area contributed by atoms with Gasteiger partial charge in [-0.3, -0.25) is 10.1 Å². The molecule has 1 aromatic carbocycles. The number of hydrogen-bond acceptors (Lipinski definition) is 7. The molecule has 3 heterocycles. The van der Waals surface area contributed by atoms with Gasteiger partial charge in [-0.25, -0.2) is 9.97 Å². The maximum absolute atomic E-state index is 11.9. The molecule has 0 saturated heterocycles. The normalized spacial score (nSPS) is 12.7. The van der Waals surface area contributed by atoms with E-state index in [9.17, 15) is 4.79 Å². The van der Waals surface area contributed by atoms with Gasteiger partial charge in [0.05, 0.1) is 16.9 Å². The number of nitrogens with one attached hydrogen (secondary N) is 1. The smallest absolute Gasteiger partial charge is 0.250 e.